The molecule has 23 heavy (non-hydrogen) atoms. The van der Waals surface area contributed by atoms with E-state index in [-0.39, 0.29) is 0 Å². The maximum absolute atomic E-state index is 5.51. The number of benzene rings is 1. The molecule has 0 bridgehead atoms. The first-order chi connectivity index (χ1) is 11.3. The monoisotopic (exact) mass is 369 g/mol. The van der Waals surface area contributed by atoms with Crippen LogP contribution in [0.25, 0.3) is 11.4 Å². The molecule has 3 aromatic rings. The van der Waals surface area contributed by atoms with E-state index in [1.807, 2.05) is 42.6 Å². The van der Waals surface area contributed by atoms with Crippen molar-refractivity contribution in [3.63, 3.8) is 0 Å². The van der Waals surface area contributed by atoms with Crippen molar-refractivity contribution in [2.75, 3.05) is 6.54 Å². The minimum absolute atomic E-state index is 0.811. The lowest BCUT2D eigenvalue weighted by Crippen LogP contribution is -2.30. The Balaban J connectivity index is 1.52. The van der Waals surface area contributed by atoms with Crippen LogP contribution in [0.15, 0.2) is 57.7 Å². The SMILES string of the molecule is Brc1coc(CN2CCc3nc(-c4ccccc4)ncc3C2)c1. The van der Waals surface area contributed by atoms with E-state index < -0.39 is 0 Å². The molecule has 0 saturated carbocycles. The van der Waals surface area contributed by atoms with Crippen molar-refractivity contribution in [3.05, 3.63) is 70.3 Å². The lowest BCUT2D eigenvalue weighted by molar-refractivity contribution is 0.223. The molecule has 1 aromatic carbocycles. The molecule has 0 saturated heterocycles. The van der Waals surface area contributed by atoms with Crippen molar-refractivity contribution in [2.45, 2.75) is 19.5 Å². The molecular formula is C18H16BrN3O. The summed E-state index contributed by atoms with van der Waals surface area (Å²) in [6.45, 7) is 2.66. The van der Waals surface area contributed by atoms with E-state index in [0.29, 0.717) is 0 Å². The van der Waals surface area contributed by atoms with Crippen LogP contribution in [0.4, 0.5) is 0 Å². The molecule has 0 aliphatic carbocycles. The molecule has 1 aliphatic rings. The fourth-order valence-electron chi connectivity index (χ4n) is 2.89. The number of nitrogens with zero attached hydrogens (tertiary/aromatic N) is 3. The van der Waals surface area contributed by atoms with Gasteiger partial charge in [0.2, 0.25) is 0 Å². The largest absolute Gasteiger partial charge is 0.467 e. The van der Waals surface area contributed by atoms with Gasteiger partial charge in [0.1, 0.15) is 12.0 Å². The van der Waals surface area contributed by atoms with Crippen molar-refractivity contribution in [1.82, 2.24) is 14.9 Å². The fourth-order valence-corrected chi connectivity index (χ4v) is 3.24. The van der Waals surface area contributed by atoms with Gasteiger partial charge in [0.05, 0.1) is 16.7 Å². The Morgan fingerprint density at radius 1 is 1.22 bits per heavy atom. The molecule has 0 amide bonds. The van der Waals surface area contributed by atoms with E-state index in [2.05, 4.69) is 25.8 Å². The number of fused-ring (bicyclic) bond motifs is 1. The number of aromatic nitrogens is 2. The highest BCUT2D eigenvalue weighted by molar-refractivity contribution is 9.10. The lowest BCUT2D eigenvalue weighted by atomic mass is 10.1. The quantitative estimate of drug-likeness (QED) is 0.698. The number of halogens is 1. The number of hydrogen-bond acceptors (Lipinski definition) is 4. The molecular weight excluding hydrogens is 354 g/mol. The van der Waals surface area contributed by atoms with Gasteiger partial charge >= 0.3 is 0 Å². The number of rotatable bonds is 3. The molecule has 0 spiro atoms. The average molecular weight is 370 g/mol. The zero-order chi connectivity index (χ0) is 15.6. The van der Waals surface area contributed by atoms with Crippen LogP contribution in [0.2, 0.25) is 0 Å². The van der Waals surface area contributed by atoms with Gasteiger partial charge in [-0.2, -0.15) is 0 Å². The summed E-state index contributed by atoms with van der Waals surface area (Å²) in [5.41, 5.74) is 3.44. The van der Waals surface area contributed by atoms with Crippen molar-refractivity contribution < 1.29 is 4.42 Å². The van der Waals surface area contributed by atoms with E-state index in [0.717, 1.165) is 53.4 Å². The van der Waals surface area contributed by atoms with Crippen LogP contribution in [0.5, 0.6) is 0 Å². The van der Waals surface area contributed by atoms with Crippen LogP contribution in [0.1, 0.15) is 17.0 Å². The third kappa shape index (κ3) is 3.21. The first kappa shape index (κ1) is 14.6. The van der Waals surface area contributed by atoms with Crippen molar-refractivity contribution >= 4 is 15.9 Å². The van der Waals surface area contributed by atoms with Gasteiger partial charge in [-0.1, -0.05) is 30.3 Å². The molecule has 0 atom stereocenters. The maximum Gasteiger partial charge on any atom is 0.159 e. The highest BCUT2D eigenvalue weighted by Crippen LogP contribution is 2.23. The number of hydrogen-bond donors (Lipinski definition) is 0. The zero-order valence-electron chi connectivity index (χ0n) is 12.6. The zero-order valence-corrected chi connectivity index (χ0v) is 14.2. The molecule has 4 rings (SSSR count). The van der Waals surface area contributed by atoms with Gasteiger partial charge in [0.25, 0.3) is 0 Å². The van der Waals surface area contributed by atoms with Crippen molar-refractivity contribution in [3.8, 4) is 11.4 Å². The summed E-state index contributed by atoms with van der Waals surface area (Å²) in [5, 5.41) is 0. The second kappa shape index (κ2) is 6.26. The second-order valence-electron chi connectivity index (χ2n) is 5.72. The predicted octanol–water partition coefficient (Wildman–Crippen LogP) is 4.06. The molecule has 3 heterocycles. The molecule has 5 heteroatoms. The summed E-state index contributed by atoms with van der Waals surface area (Å²) in [6, 6.07) is 12.2. The van der Waals surface area contributed by atoms with Crippen molar-refractivity contribution in [1.29, 1.82) is 0 Å². The molecule has 4 nitrogen and oxygen atoms in total. The summed E-state index contributed by atoms with van der Waals surface area (Å²) in [5.74, 6) is 1.79. The Morgan fingerprint density at radius 3 is 2.87 bits per heavy atom. The molecule has 0 radical (unpaired) electrons. The standard InChI is InChI=1S/C18H16BrN3O/c19-15-8-16(23-12-15)11-22-7-6-17-14(10-22)9-20-18(21-17)13-4-2-1-3-5-13/h1-5,8-9,12H,6-7,10-11H2. The maximum atomic E-state index is 5.51. The Bertz CT molecular complexity index is 816. The summed E-state index contributed by atoms with van der Waals surface area (Å²) >= 11 is 3.42. The normalized spacial score (nSPS) is 14.7. The second-order valence-corrected chi connectivity index (χ2v) is 6.64. The van der Waals surface area contributed by atoms with Crippen LogP contribution in [0, 0.1) is 0 Å². The molecule has 0 N–H and O–H groups in total. The van der Waals surface area contributed by atoms with Crippen LogP contribution in [-0.4, -0.2) is 21.4 Å². The van der Waals surface area contributed by atoms with E-state index in [9.17, 15) is 0 Å². The highest BCUT2D eigenvalue weighted by atomic mass is 79.9. The van der Waals surface area contributed by atoms with Gasteiger partial charge in [0, 0.05) is 36.8 Å². The van der Waals surface area contributed by atoms with Gasteiger partial charge in [-0.25, -0.2) is 9.97 Å². The molecule has 2 aromatic heterocycles. The topological polar surface area (TPSA) is 42.2 Å². The Hall–Kier alpha value is -1.98. The summed E-state index contributed by atoms with van der Waals surface area (Å²) < 4.78 is 6.50. The smallest absolute Gasteiger partial charge is 0.159 e. The van der Waals surface area contributed by atoms with Crippen LogP contribution < -0.4 is 0 Å². The Morgan fingerprint density at radius 2 is 2.09 bits per heavy atom. The van der Waals surface area contributed by atoms with Gasteiger partial charge < -0.3 is 4.42 Å². The third-order valence-electron chi connectivity index (χ3n) is 4.05. The van der Waals surface area contributed by atoms with Gasteiger partial charge in [0.15, 0.2) is 5.82 Å². The minimum atomic E-state index is 0.811. The Labute approximate surface area is 143 Å². The van der Waals surface area contributed by atoms with E-state index >= 15 is 0 Å². The van der Waals surface area contributed by atoms with Gasteiger partial charge in [-0.05, 0) is 22.0 Å². The summed E-state index contributed by atoms with van der Waals surface area (Å²) in [6.07, 6.45) is 4.64. The van der Waals surface area contributed by atoms with E-state index in [4.69, 9.17) is 9.40 Å². The van der Waals surface area contributed by atoms with Crippen LogP contribution in [0.3, 0.4) is 0 Å². The van der Waals surface area contributed by atoms with E-state index in [1.165, 1.54) is 5.56 Å². The molecule has 116 valence electrons. The van der Waals surface area contributed by atoms with Crippen molar-refractivity contribution in [2.24, 2.45) is 0 Å². The molecule has 1 aliphatic heterocycles. The Kier molecular flexibility index (Phi) is 3.97. The summed E-state index contributed by atoms with van der Waals surface area (Å²) in [7, 11) is 0. The predicted molar refractivity (Wildman–Crippen MR) is 91.7 cm³/mol. The highest BCUT2D eigenvalue weighted by Gasteiger charge is 2.19. The molecule has 0 unspecified atom stereocenters. The number of furan rings is 1. The first-order valence-electron chi connectivity index (χ1n) is 7.63. The van der Waals surface area contributed by atoms with E-state index in [1.54, 1.807) is 6.26 Å². The fraction of sp³-hybridized carbons (Fsp3) is 0.222. The van der Waals surface area contributed by atoms with Gasteiger partial charge in [-0.15, -0.1) is 0 Å². The minimum Gasteiger partial charge on any atom is -0.467 e. The summed E-state index contributed by atoms with van der Waals surface area (Å²) in [4.78, 5) is 11.7. The van der Waals surface area contributed by atoms with Gasteiger partial charge in [-0.3, -0.25) is 4.90 Å². The van der Waals surface area contributed by atoms with Crippen LogP contribution in [-0.2, 0) is 19.5 Å². The first-order valence-corrected chi connectivity index (χ1v) is 8.43. The lowest BCUT2D eigenvalue weighted by Gasteiger charge is -2.27. The van der Waals surface area contributed by atoms with Crippen LogP contribution >= 0.6 is 15.9 Å². The average Bonchev–Trinajstić information content (AvgIpc) is 3.00. The molecule has 0 fully saturated rings. The third-order valence-corrected chi connectivity index (χ3v) is 4.46.